The van der Waals surface area contributed by atoms with Gasteiger partial charge < -0.3 is 5.32 Å². The molecule has 1 unspecified atom stereocenters. The van der Waals surface area contributed by atoms with E-state index < -0.39 is 0 Å². The predicted octanol–water partition coefficient (Wildman–Crippen LogP) is 2.36. The molecule has 1 aromatic heterocycles. The van der Waals surface area contributed by atoms with Gasteiger partial charge in [0.15, 0.2) is 0 Å². The minimum Gasteiger partial charge on any atom is -0.352 e. The molecule has 1 aliphatic rings. The number of hydrazone groups is 1. The Balaban J connectivity index is 1.48. The van der Waals surface area contributed by atoms with Crippen molar-refractivity contribution in [2.45, 2.75) is 19.8 Å². The molecule has 0 radical (unpaired) electrons. The standard InChI is InChI=1S/C17H18N4O2S/c1-11-20-15(10-24-11)12-4-6-13(7-5-12)16(22)18-8-2-3-14-9-19-21-17(14)23/h4-7,9-10,14H,2-3,8H2,1H3,(H,18,22)(H,21,23). The number of rotatable bonds is 6. The predicted molar refractivity (Wildman–Crippen MR) is 94.0 cm³/mol. The highest BCUT2D eigenvalue weighted by Crippen LogP contribution is 2.21. The molecular weight excluding hydrogens is 324 g/mol. The summed E-state index contributed by atoms with van der Waals surface area (Å²) in [4.78, 5) is 27.9. The van der Waals surface area contributed by atoms with Crippen molar-refractivity contribution in [3.05, 3.63) is 40.2 Å². The second kappa shape index (κ2) is 7.35. The van der Waals surface area contributed by atoms with Crippen molar-refractivity contribution in [2.75, 3.05) is 6.54 Å². The van der Waals surface area contributed by atoms with Crippen LogP contribution in [-0.4, -0.2) is 29.6 Å². The number of carbonyl (C=O) groups is 2. The first-order valence-electron chi connectivity index (χ1n) is 7.77. The summed E-state index contributed by atoms with van der Waals surface area (Å²) >= 11 is 1.61. The lowest BCUT2D eigenvalue weighted by atomic mass is 10.0. The molecular formula is C17H18N4O2S. The van der Waals surface area contributed by atoms with Gasteiger partial charge in [0, 0.05) is 29.3 Å². The van der Waals surface area contributed by atoms with Gasteiger partial charge in [-0.25, -0.2) is 10.4 Å². The molecule has 0 saturated heterocycles. The molecule has 2 amide bonds. The summed E-state index contributed by atoms with van der Waals surface area (Å²) in [6.07, 6.45) is 3.02. The third-order valence-electron chi connectivity index (χ3n) is 3.81. The zero-order chi connectivity index (χ0) is 16.9. The molecule has 1 atom stereocenters. The minimum absolute atomic E-state index is 0.0748. The van der Waals surface area contributed by atoms with E-state index in [0.29, 0.717) is 18.5 Å². The molecule has 2 aromatic rings. The first-order valence-corrected chi connectivity index (χ1v) is 8.65. The molecule has 0 aliphatic carbocycles. The van der Waals surface area contributed by atoms with Crippen LogP contribution in [0.25, 0.3) is 11.3 Å². The van der Waals surface area contributed by atoms with Crippen LogP contribution in [0.3, 0.4) is 0 Å². The Morgan fingerprint density at radius 2 is 2.12 bits per heavy atom. The van der Waals surface area contributed by atoms with E-state index in [1.807, 2.05) is 24.4 Å². The zero-order valence-electron chi connectivity index (χ0n) is 13.3. The first kappa shape index (κ1) is 16.3. The summed E-state index contributed by atoms with van der Waals surface area (Å²) in [6.45, 7) is 2.50. The Kier molecular flexibility index (Phi) is 5.00. The number of amides is 2. The van der Waals surface area contributed by atoms with Gasteiger partial charge in [0.25, 0.3) is 5.91 Å². The van der Waals surface area contributed by atoms with E-state index in [4.69, 9.17) is 0 Å². The minimum atomic E-state index is -0.178. The summed E-state index contributed by atoms with van der Waals surface area (Å²) in [5.41, 5.74) is 4.95. The molecule has 1 aliphatic heterocycles. The summed E-state index contributed by atoms with van der Waals surface area (Å²) in [5.74, 6) is -0.363. The molecule has 24 heavy (non-hydrogen) atoms. The molecule has 124 valence electrons. The molecule has 2 heterocycles. The van der Waals surface area contributed by atoms with Crippen LogP contribution in [-0.2, 0) is 4.79 Å². The molecule has 3 rings (SSSR count). The van der Waals surface area contributed by atoms with Gasteiger partial charge in [0.2, 0.25) is 5.91 Å². The maximum Gasteiger partial charge on any atom is 0.251 e. The fraction of sp³-hybridized carbons (Fsp3) is 0.294. The van der Waals surface area contributed by atoms with Crippen LogP contribution in [0.5, 0.6) is 0 Å². The molecule has 1 aromatic carbocycles. The zero-order valence-corrected chi connectivity index (χ0v) is 14.1. The lowest BCUT2D eigenvalue weighted by Crippen LogP contribution is -2.26. The molecule has 0 fully saturated rings. The first-order chi connectivity index (χ1) is 11.6. The van der Waals surface area contributed by atoms with Crippen LogP contribution in [0, 0.1) is 12.8 Å². The van der Waals surface area contributed by atoms with E-state index in [9.17, 15) is 9.59 Å². The number of nitrogens with zero attached hydrogens (tertiary/aromatic N) is 2. The van der Waals surface area contributed by atoms with Crippen LogP contribution < -0.4 is 10.7 Å². The van der Waals surface area contributed by atoms with Gasteiger partial charge in [0.05, 0.1) is 16.6 Å². The Morgan fingerprint density at radius 1 is 1.33 bits per heavy atom. The maximum atomic E-state index is 12.1. The van der Waals surface area contributed by atoms with Gasteiger partial charge in [-0.3, -0.25) is 9.59 Å². The number of aromatic nitrogens is 1. The van der Waals surface area contributed by atoms with E-state index in [1.165, 1.54) is 0 Å². The van der Waals surface area contributed by atoms with Crippen molar-refractivity contribution in [3.8, 4) is 11.3 Å². The van der Waals surface area contributed by atoms with Gasteiger partial charge in [-0.2, -0.15) is 5.10 Å². The fourth-order valence-electron chi connectivity index (χ4n) is 2.46. The normalized spacial score (nSPS) is 16.2. The number of hydrogen-bond acceptors (Lipinski definition) is 5. The van der Waals surface area contributed by atoms with E-state index in [2.05, 4.69) is 20.8 Å². The number of benzene rings is 1. The summed E-state index contributed by atoms with van der Waals surface area (Å²) in [7, 11) is 0. The SMILES string of the molecule is Cc1nc(-c2ccc(C(=O)NCCCC3C=NNC3=O)cc2)cs1. The maximum absolute atomic E-state index is 12.1. The average Bonchev–Trinajstić information content (AvgIpc) is 3.20. The smallest absolute Gasteiger partial charge is 0.251 e. The van der Waals surface area contributed by atoms with Crippen molar-refractivity contribution in [1.29, 1.82) is 0 Å². The van der Waals surface area contributed by atoms with Crippen LogP contribution in [0.2, 0.25) is 0 Å². The molecule has 6 nitrogen and oxygen atoms in total. The van der Waals surface area contributed by atoms with Crippen LogP contribution in [0.1, 0.15) is 28.2 Å². The van der Waals surface area contributed by atoms with Crippen LogP contribution >= 0.6 is 11.3 Å². The monoisotopic (exact) mass is 342 g/mol. The third-order valence-corrected chi connectivity index (χ3v) is 4.58. The van der Waals surface area contributed by atoms with Crippen LogP contribution in [0.15, 0.2) is 34.7 Å². The molecule has 2 N–H and O–H groups in total. The summed E-state index contributed by atoms with van der Waals surface area (Å²) in [6, 6.07) is 7.41. The Hall–Kier alpha value is -2.54. The highest BCUT2D eigenvalue weighted by Gasteiger charge is 2.19. The number of nitrogens with one attached hydrogen (secondary N) is 2. The summed E-state index contributed by atoms with van der Waals surface area (Å²) < 4.78 is 0. The lowest BCUT2D eigenvalue weighted by molar-refractivity contribution is -0.122. The highest BCUT2D eigenvalue weighted by molar-refractivity contribution is 7.09. The largest absolute Gasteiger partial charge is 0.352 e. The summed E-state index contributed by atoms with van der Waals surface area (Å²) in [5, 5.41) is 9.63. The van der Waals surface area contributed by atoms with E-state index in [-0.39, 0.29) is 17.7 Å². The molecule has 7 heteroatoms. The third kappa shape index (κ3) is 3.86. The molecule has 0 saturated carbocycles. The van der Waals surface area contributed by atoms with Crippen molar-refractivity contribution in [1.82, 2.24) is 15.7 Å². The van der Waals surface area contributed by atoms with Crippen molar-refractivity contribution in [3.63, 3.8) is 0 Å². The molecule has 0 bridgehead atoms. The Labute approximate surface area is 144 Å². The van der Waals surface area contributed by atoms with E-state index in [1.54, 1.807) is 29.7 Å². The number of carbonyl (C=O) groups excluding carboxylic acids is 2. The van der Waals surface area contributed by atoms with Crippen molar-refractivity contribution >= 4 is 29.4 Å². The molecule has 0 spiro atoms. The average molecular weight is 342 g/mol. The van der Waals surface area contributed by atoms with Gasteiger partial charge in [-0.15, -0.1) is 11.3 Å². The highest BCUT2D eigenvalue weighted by atomic mass is 32.1. The Bertz CT molecular complexity index is 767. The second-order valence-electron chi connectivity index (χ2n) is 5.59. The van der Waals surface area contributed by atoms with Crippen molar-refractivity contribution < 1.29 is 9.59 Å². The van der Waals surface area contributed by atoms with E-state index in [0.717, 1.165) is 22.7 Å². The number of thiazole rings is 1. The lowest BCUT2D eigenvalue weighted by Gasteiger charge is -2.07. The Morgan fingerprint density at radius 3 is 2.75 bits per heavy atom. The van der Waals surface area contributed by atoms with Gasteiger partial charge in [-0.05, 0) is 31.9 Å². The van der Waals surface area contributed by atoms with Crippen molar-refractivity contribution in [2.24, 2.45) is 11.0 Å². The quantitative estimate of drug-likeness (QED) is 0.791. The van der Waals surface area contributed by atoms with Crippen LogP contribution in [0.4, 0.5) is 0 Å². The topological polar surface area (TPSA) is 83.4 Å². The van der Waals surface area contributed by atoms with E-state index >= 15 is 0 Å². The van der Waals surface area contributed by atoms with Gasteiger partial charge >= 0.3 is 0 Å². The van der Waals surface area contributed by atoms with Gasteiger partial charge in [-0.1, -0.05) is 12.1 Å². The number of aryl methyl sites for hydroxylation is 1. The second-order valence-corrected chi connectivity index (χ2v) is 6.65. The van der Waals surface area contributed by atoms with Gasteiger partial charge in [0.1, 0.15) is 0 Å². The number of hydrogen-bond donors (Lipinski definition) is 2. The fourth-order valence-corrected chi connectivity index (χ4v) is 3.08.